The highest BCUT2D eigenvalue weighted by Gasteiger charge is 2.47. The fourth-order valence-corrected chi connectivity index (χ4v) is 2.60. The minimum absolute atomic E-state index is 0.00776. The van der Waals surface area contributed by atoms with Gasteiger partial charge < -0.3 is 16.4 Å². The molecule has 0 aromatic heterocycles. The maximum absolute atomic E-state index is 12.0. The third-order valence-electron chi connectivity index (χ3n) is 3.57. The van der Waals surface area contributed by atoms with E-state index >= 15 is 0 Å². The van der Waals surface area contributed by atoms with Crippen LogP contribution in [0.5, 0.6) is 0 Å². The van der Waals surface area contributed by atoms with Crippen LogP contribution < -0.4 is 16.4 Å². The Balaban J connectivity index is 2.01. The normalized spacial score (nSPS) is 27.9. The van der Waals surface area contributed by atoms with Gasteiger partial charge in [0.2, 0.25) is 11.8 Å². The second kappa shape index (κ2) is 4.41. The van der Waals surface area contributed by atoms with E-state index < -0.39 is 5.54 Å². The molecule has 1 aliphatic carbocycles. The quantitative estimate of drug-likeness (QED) is 0.614. The molecule has 1 spiro atoms. The molecule has 1 atom stereocenters. The topological polar surface area (TPSA) is 84.2 Å². The van der Waals surface area contributed by atoms with Crippen LogP contribution >= 0.6 is 0 Å². The standard InChI is InChI=1S/C11H19N3O2/c12-7-3-4-8-9(15)14-11(10(16)13-8)5-1-2-6-11/h8H,1-7,12H2,(H,13,16)(H,14,15). The van der Waals surface area contributed by atoms with E-state index in [2.05, 4.69) is 10.6 Å². The monoisotopic (exact) mass is 225 g/mol. The molecular formula is C11H19N3O2. The first kappa shape index (κ1) is 11.4. The summed E-state index contributed by atoms with van der Waals surface area (Å²) >= 11 is 0. The molecule has 90 valence electrons. The summed E-state index contributed by atoms with van der Waals surface area (Å²) in [5, 5.41) is 5.74. The maximum atomic E-state index is 12.0. The molecule has 1 heterocycles. The zero-order valence-corrected chi connectivity index (χ0v) is 9.42. The molecule has 1 aliphatic heterocycles. The number of nitrogens with one attached hydrogen (secondary N) is 2. The van der Waals surface area contributed by atoms with Crippen LogP contribution in [0.25, 0.3) is 0 Å². The fraction of sp³-hybridized carbons (Fsp3) is 0.818. The number of rotatable bonds is 3. The van der Waals surface area contributed by atoms with Crippen molar-refractivity contribution in [3.05, 3.63) is 0 Å². The summed E-state index contributed by atoms with van der Waals surface area (Å²) in [6.45, 7) is 0.546. The molecule has 0 aromatic rings. The average Bonchev–Trinajstić information content (AvgIpc) is 2.71. The van der Waals surface area contributed by atoms with Gasteiger partial charge in [-0.05, 0) is 32.2 Å². The molecule has 2 fully saturated rings. The van der Waals surface area contributed by atoms with E-state index in [0.29, 0.717) is 13.0 Å². The van der Waals surface area contributed by atoms with Gasteiger partial charge in [0.05, 0.1) is 0 Å². The number of amides is 2. The summed E-state index contributed by atoms with van der Waals surface area (Å²) in [6.07, 6.45) is 4.96. The summed E-state index contributed by atoms with van der Waals surface area (Å²) in [7, 11) is 0. The van der Waals surface area contributed by atoms with Crippen LogP contribution in [0.1, 0.15) is 38.5 Å². The van der Waals surface area contributed by atoms with Gasteiger partial charge >= 0.3 is 0 Å². The number of nitrogens with two attached hydrogens (primary N) is 1. The Kier molecular flexibility index (Phi) is 3.14. The van der Waals surface area contributed by atoms with E-state index in [1.165, 1.54) is 0 Å². The number of carbonyl (C=O) groups excluding carboxylic acids is 2. The molecule has 2 amide bonds. The summed E-state index contributed by atoms with van der Waals surface area (Å²) < 4.78 is 0. The summed E-state index contributed by atoms with van der Waals surface area (Å²) in [5.41, 5.74) is 4.80. The van der Waals surface area contributed by atoms with Crippen molar-refractivity contribution in [1.29, 1.82) is 0 Å². The Hall–Kier alpha value is -1.10. The van der Waals surface area contributed by atoms with Gasteiger partial charge in [-0.25, -0.2) is 0 Å². The molecule has 1 saturated heterocycles. The molecule has 0 bridgehead atoms. The van der Waals surface area contributed by atoms with Crippen molar-refractivity contribution in [3.63, 3.8) is 0 Å². The van der Waals surface area contributed by atoms with E-state index in [0.717, 1.165) is 32.1 Å². The van der Waals surface area contributed by atoms with Crippen molar-refractivity contribution in [1.82, 2.24) is 10.6 Å². The molecule has 0 aromatic carbocycles. The van der Waals surface area contributed by atoms with Gasteiger partial charge in [-0.2, -0.15) is 0 Å². The van der Waals surface area contributed by atoms with Crippen LogP contribution in [-0.4, -0.2) is 29.9 Å². The molecule has 2 rings (SSSR count). The molecule has 2 aliphatic rings. The van der Waals surface area contributed by atoms with E-state index in [9.17, 15) is 9.59 Å². The van der Waals surface area contributed by atoms with Gasteiger partial charge in [0.15, 0.2) is 0 Å². The first-order valence-corrected chi connectivity index (χ1v) is 6.01. The highest BCUT2D eigenvalue weighted by molar-refractivity contribution is 5.99. The van der Waals surface area contributed by atoms with Gasteiger partial charge in [-0.15, -0.1) is 0 Å². The van der Waals surface area contributed by atoms with Crippen molar-refractivity contribution in [3.8, 4) is 0 Å². The van der Waals surface area contributed by atoms with E-state index in [1.807, 2.05) is 0 Å². The van der Waals surface area contributed by atoms with Crippen molar-refractivity contribution < 1.29 is 9.59 Å². The lowest BCUT2D eigenvalue weighted by Crippen LogP contribution is -2.68. The summed E-state index contributed by atoms with van der Waals surface area (Å²) in [5.74, 6) is -0.0541. The van der Waals surface area contributed by atoms with Crippen LogP contribution in [0.3, 0.4) is 0 Å². The van der Waals surface area contributed by atoms with Gasteiger partial charge in [0.25, 0.3) is 0 Å². The van der Waals surface area contributed by atoms with Crippen LogP contribution in [0.2, 0.25) is 0 Å². The second-order valence-electron chi connectivity index (χ2n) is 4.74. The molecule has 1 saturated carbocycles. The predicted octanol–water partition coefficient (Wildman–Crippen LogP) is -0.347. The van der Waals surface area contributed by atoms with Gasteiger partial charge in [-0.3, -0.25) is 9.59 Å². The van der Waals surface area contributed by atoms with Crippen LogP contribution in [0.15, 0.2) is 0 Å². The minimum atomic E-state index is -0.601. The number of carbonyl (C=O) groups is 2. The van der Waals surface area contributed by atoms with Crippen molar-refractivity contribution in [2.24, 2.45) is 5.73 Å². The van der Waals surface area contributed by atoms with Crippen LogP contribution in [-0.2, 0) is 9.59 Å². The largest absolute Gasteiger partial charge is 0.342 e. The maximum Gasteiger partial charge on any atom is 0.246 e. The number of piperazine rings is 1. The Morgan fingerprint density at radius 1 is 1.31 bits per heavy atom. The Morgan fingerprint density at radius 3 is 2.62 bits per heavy atom. The Morgan fingerprint density at radius 2 is 2.00 bits per heavy atom. The van der Waals surface area contributed by atoms with E-state index in [4.69, 9.17) is 5.73 Å². The van der Waals surface area contributed by atoms with E-state index in [-0.39, 0.29) is 17.9 Å². The zero-order chi connectivity index (χ0) is 11.6. The lowest BCUT2D eigenvalue weighted by molar-refractivity contribution is -0.141. The predicted molar refractivity (Wildman–Crippen MR) is 59.6 cm³/mol. The average molecular weight is 225 g/mol. The van der Waals surface area contributed by atoms with Crippen LogP contribution in [0, 0.1) is 0 Å². The minimum Gasteiger partial charge on any atom is -0.342 e. The van der Waals surface area contributed by atoms with Gasteiger partial charge in [0.1, 0.15) is 11.6 Å². The summed E-state index contributed by atoms with van der Waals surface area (Å²) in [4.78, 5) is 23.8. The number of hydrogen-bond acceptors (Lipinski definition) is 3. The first-order valence-electron chi connectivity index (χ1n) is 6.01. The third-order valence-corrected chi connectivity index (χ3v) is 3.57. The Bertz CT molecular complexity index is 298. The second-order valence-corrected chi connectivity index (χ2v) is 4.74. The first-order chi connectivity index (χ1) is 7.68. The molecular weight excluding hydrogens is 206 g/mol. The molecule has 4 N–H and O–H groups in total. The molecule has 1 unspecified atom stereocenters. The lowest BCUT2D eigenvalue weighted by Gasteiger charge is -2.37. The SMILES string of the molecule is NCCCC1NC(=O)C2(CCCC2)NC1=O. The molecule has 5 heteroatoms. The van der Waals surface area contributed by atoms with Crippen molar-refractivity contribution in [2.45, 2.75) is 50.1 Å². The molecule has 0 radical (unpaired) electrons. The van der Waals surface area contributed by atoms with Crippen molar-refractivity contribution in [2.75, 3.05) is 6.54 Å². The highest BCUT2D eigenvalue weighted by atomic mass is 16.2. The fourth-order valence-electron chi connectivity index (χ4n) is 2.60. The smallest absolute Gasteiger partial charge is 0.246 e. The number of hydrogen-bond donors (Lipinski definition) is 3. The van der Waals surface area contributed by atoms with Crippen molar-refractivity contribution >= 4 is 11.8 Å². The van der Waals surface area contributed by atoms with E-state index in [1.54, 1.807) is 0 Å². The van der Waals surface area contributed by atoms with Gasteiger partial charge in [0, 0.05) is 0 Å². The third kappa shape index (κ3) is 1.91. The van der Waals surface area contributed by atoms with Crippen LogP contribution in [0.4, 0.5) is 0 Å². The lowest BCUT2D eigenvalue weighted by atomic mass is 9.91. The Labute approximate surface area is 95.1 Å². The zero-order valence-electron chi connectivity index (χ0n) is 9.42. The summed E-state index contributed by atoms with van der Waals surface area (Å²) in [6, 6.07) is -0.387. The molecule has 16 heavy (non-hydrogen) atoms. The highest BCUT2D eigenvalue weighted by Crippen LogP contribution is 2.31. The molecule has 5 nitrogen and oxygen atoms in total. The van der Waals surface area contributed by atoms with Gasteiger partial charge in [-0.1, -0.05) is 12.8 Å².